The first-order valence-corrected chi connectivity index (χ1v) is 12.1. The summed E-state index contributed by atoms with van der Waals surface area (Å²) in [5.74, 6) is -2.12. The number of pyridine rings is 1. The molecule has 0 N–H and O–H groups in total. The summed E-state index contributed by atoms with van der Waals surface area (Å²) in [6.45, 7) is 4.80. The lowest BCUT2D eigenvalue weighted by Gasteiger charge is -2.31. The molecule has 188 valence electrons. The second kappa shape index (κ2) is 11.9. The predicted octanol–water partition coefficient (Wildman–Crippen LogP) is 4.65. The zero-order valence-electron chi connectivity index (χ0n) is 20.4. The third kappa shape index (κ3) is 6.51. The predicted molar refractivity (Wildman–Crippen MR) is 134 cm³/mol. The van der Waals surface area contributed by atoms with Crippen LogP contribution >= 0.6 is 0 Å². The van der Waals surface area contributed by atoms with E-state index in [-0.39, 0.29) is 18.0 Å². The second-order valence-electron chi connectivity index (χ2n) is 8.99. The smallest absolute Gasteiger partial charge is 0.254 e. The topological polar surface area (TPSA) is 56.8 Å². The number of hydrogen-bond donors (Lipinski definition) is 0. The summed E-state index contributed by atoms with van der Waals surface area (Å²) >= 11 is 0. The number of hydrogen-bond acceptors (Lipinski definition) is 4. The molecule has 0 unspecified atom stereocenters. The average molecular weight is 493 g/mol. The Bertz CT molecular complexity index is 1180. The molecule has 2 heterocycles. The first kappa shape index (κ1) is 25.4. The largest absolute Gasteiger partial charge is 0.334 e. The first-order valence-electron chi connectivity index (χ1n) is 12.1. The number of carbonyl (C=O) groups is 2. The lowest BCUT2D eigenvalue weighted by molar-refractivity contribution is -0.116. The normalized spacial score (nSPS) is 15.5. The molecule has 4 rings (SSSR count). The van der Waals surface area contributed by atoms with Crippen molar-refractivity contribution in [3.63, 3.8) is 0 Å². The van der Waals surface area contributed by atoms with Crippen molar-refractivity contribution in [2.24, 2.45) is 0 Å². The van der Waals surface area contributed by atoms with E-state index in [0.29, 0.717) is 32.6 Å². The van der Waals surface area contributed by atoms with Crippen molar-refractivity contribution in [1.82, 2.24) is 14.8 Å². The van der Waals surface area contributed by atoms with Gasteiger partial charge in [-0.25, -0.2) is 8.78 Å². The van der Waals surface area contributed by atoms with Crippen LogP contribution in [0.15, 0.2) is 66.9 Å². The van der Waals surface area contributed by atoms with E-state index in [4.69, 9.17) is 0 Å². The van der Waals surface area contributed by atoms with Crippen LogP contribution in [0.5, 0.6) is 0 Å². The number of carbonyl (C=O) groups excluding carboxylic acids is 2. The number of nitrogens with zero attached hydrogens (tertiary/aromatic N) is 4. The van der Waals surface area contributed by atoms with E-state index in [1.165, 1.54) is 6.92 Å². The van der Waals surface area contributed by atoms with Crippen LogP contribution in [0.25, 0.3) is 0 Å². The lowest BCUT2D eigenvalue weighted by Crippen LogP contribution is -2.38. The summed E-state index contributed by atoms with van der Waals surface area (Å²) in [6, 6.07) is 16.2. The standard InChI is InChI=1S/C28H30F2N4O2/c1-21(35)34-15-7-13-32(20-26-9-4-5-11-31-26)12-6-14-33(19-22-8-2-3-10-27(22)34)28(36)23-16-24(29)18-25(30)17-23/h2-5,8-11,16-18H,6-7,12-15,19-20H2,1H3. The molecule has 0 fully saturated rings. The number of amides is 2. The van der Waals surface area contributed by atoms with Gasteiger partial charge < -0.3 is 9.80 Å². The van der Waals surface area contributed by atoms with Gasteiger partial charge in [-0.15, -0.1) is 0 Å². The Labute approximate surface area is 210 Å². The van der Waals surface area contributed by atoms with Gasteiger partial charge in [0.1, 0.15) is 11.6 Å². The highest BCUT2D eigenvalue weighted by atomic mass is 19.1. The number of fused-ring (bicyclic) bond motifs is 1. The number of rotatable bonds is 3. The quantitative estimate of drug-likeness (QED) is 0.534. The Kier molecular flexibility index (Phi) is 8.38. The van der Waals surface area contributed by atoms with Crippen LogP contribution in [0.1, 0.15) is 41.4 Å². The summed E-state index contributed by atoms with van der Waals surface area (Å²) in [6.07, 6.45) is 3.22. The molecule has 0 radical (unpaired) electrons. The Hall–Kier alpha value is -3.65. The number of benzene rings is 2. The van der Waals surface area contributed by atoms with Crippen LogP contribution < -0.4 is 4.90 Å². The maximum atomic E-state index is 13.9. The van der Waals surface area contributed by atoms with E-state index >= 15 is 0 Å². The van der Waals surface area contributed by atoms with Gasteiger partial charge in [-0.2, -0.15) is 0 Å². The Morgan fingerprint density at radius 2 is 1.58 bits per heavy atom. The fourth-order valence-electron chi connectivity index (χ4n) is 4.60. The molecule has 0 aliphatic carbocycles. The molecule has 6 nitrogen and oxygen atoms in total. The molecule has 0 saturated carbocycles. The molecule has 2 amide bonds. The van der Waals surface area contributed by atoms with E-state index < -0.39 is 17.5 Å². The van der Waals surface area contributed by atoms with Crippen LogP contribution in [-0.4, -0.2) is 52.8 Å². The number of anilines is 1. The lowest BCUT2D eigenvalue weighted by atomic mass is 10.1. The third-order valence-corrected chi connectivity index (χ3v) is 6.29. The summed E-state index contributed by atoms with van der Waals surface area (Å²) in [5, 5.41) is 0. The third-order valence-electron chi connectivity index (χ3n) is 6.29. The van der Waals surface area contributed by atoms with Crippen molar-refractivity contribution in [1.29, 1.82) is 0 Å². The van der Waals surface area contributed by atoms with E-state index in [1.807, 2.05) is 42.5 Å². The number of halogens is 2. The maximum Gasteiger partial charge on any atom is 0.254 e. The highest BCUT2D eigenvalue weighted by Crippen LogP contribution is 2.25. The van der Waals surface area contributed by atoms with Crippen molar-refractivity contribution in [3.05, 3.63) is 95.3 Å². The van der Waals surface area contributed by atoms with E-state index in [9.17, 15) is 18.4 Å². The van der Waals surface area contributed by atoms with Crippen molar-refractivity contribution < 1.29 is 18.4 Å². The minimum atomic E-state index is -0.794. The van der Waals surface area contributed by atoms with Gasteiger partial charge in [0.2, 0.25) is 5.91 Å². The van der Waals surface area contributed by atoms with Gasteiger partial charge in [0, 0.05) is 69.7 Å². The van der Waals surface area contributed by atoms with Gasteiger partial charge >= 0.3 is 0 Å². The maximum absolute atomic E-state index is 13.9. The van der Waals surface area contributed by atoms with E-state index in [0.717, 1.165) is 48.1 Å². The van der Waals surface area contributed by atoms with Crippen molar-refractivity contribution in [3.8, 4) is 0 Å². The van der Waals surface area contributed by atoms with Gasteiger partial charge in [0.15, 0.2) is 0 Å². The molecule has 1 aliphatic rings. The zero-order chi connectivity index (χ0) is 25.5. The summed E-state index contributed by atoms with van der Waals surface area (Å²) in [5.41, 5.74) is 2.46. The SMILES string of the molecule is CC(=O)N1CCCN(Cc2ccccn2)CCCN(C(=O)c2cc(F)cc(F)c2)Cc2ccccc21. The molecule has 2 aromatic carbocycles. The fourth-order valence-corrected chi connectivity index (χ4v) is 4.60. The van der Waals surface area contributed by atoms with Crippen molar-refractivity contribution >= 4 is 17.5 Å². The summed E-state index contributed by atoms with van der Waals surface area (Å²) in [4.78, 5) is 36.0. The summed E-state index contributed by atoms with van der Waals surface area (Å²) < 4.78 is 27.8. The van der Waals surface area contributed by atoms with Gasteiger partial charge in [-0.1, -0.05) is 24.3 Å². The second-order valence-corrected chi connectivity index (χ2v) is 8.99. The molecule has 36 heavy (non-hydrogen) atoms. The molecular formula is C28H30F2N4O2. The highest BCUT2D eigenvalue weighted by Gasteiger charge is 2.23. The van der Waals surface area contributed by atoms with Crippen LogP contribution in [0.2, 0.25) is 0 Å². The molecular weight excluding hydrogens is 462 g/mol. The zero-order valence-corrected chi connectivity index (χ0v) is 20.4. The molecule has 0 atom stereocenters. The Balaban J connectivity index is 1.65. The van der Waals surface area contributed by atoms with Crippen LogP contribution in [0, 0.1) is 11.6 Å². The Morgan fingerprint density at radius 1 is 0.889 bits per heavy atom. The minimum Gasteiger partial charge on any atom is -0.334 e. The molecule has 1 aliphatic heterocycles. The molecule has 3 aromatic rings. The van der Waals surface area contributed by atoms with E-state index in [2.05, 4.69) is 9.88 Å². The van der Waals surface area contributed by atoms with Gasteiger partial charge in [-0.05, 0) is 48.7 Å². The van der Waals surface area contributed by atoms with Crippen molar-refractivity contribution in [2.75, 3.05) is 31.1 Å². The summed E-state index contributed by atoms with van der Waals surface area (Å²) in [7, 11) is 0. The van der Waals surface area contributed by atoms with Gasteiger partial charge in [0.05, 0.1) is 5.69 Å². The monoisotopic (exact) mass is 492 g/mol. The molecule has 0 spiro atoms. The molecule has 1 aromatic heterocycles. The van der Waals surface area contributed by atoms with Gasteiger partial charge in [0.25, 0.3) is 5.91 Å². The van der Waals surface area contributed by atoms with Crippen LogP contribution in [0.4, 0.5) is 14.5 Å². The first-order chi connectivity index (χ1) is 17.4. The van der Waals surface area contributed by atoms with Crippen LogP contribution in [0.3, 0.4) is 0 Å². The molecule has 8 heteroatoms. The molecule has 0 bridgehead atoms. The van der Waals surface area contributed by atoms with E-state index in [1.54, 1.807) is 16.0 Å². The van der Waals surface area contributed by atoms with Crippen LogP contribution in [-0.2, 0) is 17.9 Å². The van der Waals surface area contributed by atoms with Crippen molar-refractivity contribution in [2.45, 2.75) is 32.9 Å². The average Bonchev–Trinajstić information content (AvgIpc) is 2.85. The number of aromatic nitrogens is 1. The Morgan fingerprint density at radius 3 is 2.28 bits per heavy atom. The van der Waals surface area contributed by atoms with Gasteiger partial charge in [-0.3, -0.25) is 19.5 Å². The number of para-hydroxylation sites is 1. The molecule has 0 saturated heterocycles. The highest BCUT2D eigenvalue weighted by molar-refractivity contribution is 5.95. The fraction of sp³-hybridized carbons (Fsp3) is 0.321. The minimum absolute atomic E-state index is 0.0363.